The first kappa shape index (κ1) is 17.1. The highest BCUT2D eigenvalue weighted by atomic mass is 28.3. The van der Waals surface area contributed by atoms with Crippen molar-refractivity contribution in [3.63, 3.8) is 0 Å². The maximum atomic E-state index is 6.42. The van der Waals surface area contributed by atoms with Crippen molar-refractivity contribution in [3.05, 3.63) is 0 Å². The van der Waals surface area contributed by atoms with Gasteiger partial charge in [-0.05, 0) is 53.6 Å². The zero-order valence-electron chi connectivity index (χ0n) is 13.0. The van der Waals surface area contributed by atoms with Crippen LogP contribution in [-0.2, 0) is 0 Å². The summed E-state index contributed by atoms with van der Waals surface area (Å²) in [6, 6.07) is 2.07. The molecule has 0 aliphatic carbocycles. The molecule has 0 saturated heterocycles. The van der Waals surface area contributed by atoms with Gasteiger partial charge in [0.15, 0.2) is 0 Å². The molecule has 0 aliphatic heterocycles. The average Bonchev–Trinajstić information content (AvgIpc) is 2.17. The molecule has 0 fully saturated rings. The molecule has 0 atom stereocenters. The van der Waals surface area contributed by atoms with Gasteiger partial charge < -0.3 is 0 Å². The van der Waals surface area contributed by atoms with E-state index in [1.54, 1.807) is 0 Å². The van der Waals surface area contributed by atoms with Crippen LogP contribution in [0.4, 0.5) is 0 Å². The predicted molar refractivity (Wildman–Crippen MR) is 78.3 cm³/mol. The number of hydrogen-bond donors (Lipinski definition) is 2. The lowest BCUT2D eigenvalue weighted by molar-refractivity contribution is 0.161. The Morgan fingerprint density at radius 3 is 1.12 bits per heavy atom. The summed E-state index contributed by atoms with van der Waals surface area (Å²) in [4.78, 5) is 0. The summed E-state index contributed by atoms with van der Waals surface area (Å²) in [6.45, 7) is 17.3. The van der Waals surface area contributed by atoms with Crippen molar-refractivity contribution in [1.29, 1.82) is 0 Å². The molecular formula is C12H32N4Si. The molecule has 0 aromatic heterocycles. The first-order chi connectivity index (χ1) is 7.43. The van der Waals surface area contributed by atoms with E-state index in [9.17, 15) is 0 Å². The van der Waals surface area contributed by atoms with Crippen LogP contribution in [0.15, 0.2) is 0 Å². The zero-order chi connectivity index (χ0) is 14.1. The Kier molecular flexibility index (Phi) is 5.38. The van der Waals surface area contributed by atoms with Crippen LogP contribution in [0.1, 0.15) is 55.4 Å². The molecule has 5 heteroatoms. The van der Waals surface area contributed by atoms with Gasteiger partial charge in [-0.2, -0.15) is 0 Å². The van der Waals surface area contributed by atoms with Crippen LogP contribution in [0, 0.1) is 0 Å². The van der Waals surface area contributed by atoms with Gasteiger partial charge in [-0.25, -0.2) is 9.35 Å². The number of rotatable bonds is 4. The molecule has 0 rings (SSSR count). The molecule has 104 valence electrons. The molecular weight excluding hydrogens is 228 g/mol. The zero-order valence-corrected chi connectivity index (χ0v) is 14.0. The normalized spacial score (nSPS) is 14.8. The van der Waals surface area contributed by atoms with Crippen molar-refractivity contribution in [2.75, 3.05) is 0 Å². The molecule has 0 radical (unpaired) electrons. The standard InChI is InChI=1S/C12H32N4Si/c1-9-17(10-2,15(13)11(3,4)5)16(14)12(6,7)8/h9-10,13-14H2,1-8H3. The van der Waals surface area contributed by atoms with E-state index in [2.05, 4.69) is 55.4 Å². The van der Waals surface area contributed by atoms with E-state index in [4.69, 9.17) is 11.7 Å². The summed E-state index contributed by atoms with van der Waals surface area (Å²) in [5.74, 6) is 12.8. The van der Waals surface area contributed by atoms with Crippen molar-refractivity contribution >= 4 is 8.40 Å². The third-order valence-electron chi connectivity index (χ3n) is 3.47. The van der Waals surface area contributed by atoms with Gasteiger partial charge in [0.05, 0.1) is 0 Å². The van der Waals surface area contributed by atoms with Crippen molar-refractivity contribution in [2.24, 2.45) is 11.7 Å². The second kappa shape index (κ2) is 5.36. The summed E-state index contributed by atoms with van der Waals surface area (Å²) in [5.41, 5.74) is -0.109. The Labute approximate surface area is 108 Å². The summed E-state index contributed by atoms with van der Waals surface area (Å²) in [5, 5.41) is 0. The predicted octanol–water partition coefficient (Wildman–Crippen LogP) is 2.42. The molecule has 0 unspecified atom stereocenters. The van der Waals surface area contributed by atoms with Crippen LogP contribution in [0.2, 0.25) is 12.1 Å². The summed E-state index contributed by atoms with van der Waals surface area (Å²) < 4.78 is 4.09. The molecule has 0 heterocycles. The van der Waals surface area contributed by atoms with E-state index in [0.29, 0.717) is 0 Å². The Bertz CT molecular complexity index is 216. The monoisotopic (exact) mass is 260 g/mol. The van der Waals surface area contributed by atoms with Gasteiger partial charge in [-0.1, -0.05) is 13.8 Å². The third-order valence-corrected chi connectivity index (χ3v) is 8.87. The smallest absolute Gasteiger partial charge is 0.234 e. The molecule has 0 spiro atoms. The Morgan fingerprint density at radius 1 is 0.765 bits per heavy atom. The maximum absolute atomic E-state index is 6.42. The van der Waals surface area contributed by atoms with Gasteiger partial charge in [-0.15, -0.1) is 0 Å². The second-order valence-electron chi connectivity index (χ2n) is 6.77. The SMILES string of the molecule is CC[Si](CC)(N(N)C(C)(C)C)N(N)C(C)(C)C. The molecule has 0 aromatic carbocycles. The fraction of sp³-hybridized carbons (Fsp3) is 1.00. The van der Waals surface area contributed by atoms with Crippen molar-refractivity contribution in [2.45, 2.75) is 78.6 Å². The second-order valence-corrected chi connectivity index (χ2v) is 11.1. The van der Waals surface area contributed by atoms with Gasteiger partial charge in [0.25, 0.3) is 0 Å². The highest BCUT2D eigenvalue weighted by molar-refractivity contribution is 6.74. The lowest BCUT2D eigenvalue weighted by Crippen LogP contribution is -2.77. The highest BCUT2D eigenvalue weighted by Gasteiger charge is 2.48. The van der Waals surface area contributed by atoms with Gasteiger partial charge in [0, 0.05) is 11.1 Å². The van der Waals surface area contributed by atoms with Crippen molar-refractivity contribution < 1.29 is 0 Å². The quantitative estimate of drug-likeness (QED) is 0.463. The number of hydrogen-bond acceptors (Lipinski definition) is 4. The van der Waals surface area contributed by atoms with E-state index in [1.165, 1.54) is 0 Å². The minimum Gasteiger partial charge on any atom is -0.273 e. The molecule has 0 saturated carbocycles. The largest absolute Gasteiger partial charge is 0.273 e. The summed E-state index contributed by atoms with van der Waals surface area (Å²) in [7, 11) is -2.00. The van der Waals surface area contributed by atoms with Crippen molar-refractivity contribution in [3.8, 4) is 0 Å². The summed E-state index contributed by atoms with van der Waals surface area (Å²) in [6.07, 6.45) is 0. The molecule has 0 aliphatic rings. The van der Waals surface area contributed by atoms with Crippen LogP contribution in [0.5, 0.6) is 0 Å². The van der Waals surface area contributed by atoms with E-state index in [1.807, 2.05) is 9.35 Å². The third kappa shape index (κ3) is 3.51. The molecule has 17 heavy (non-hydrogen) atoms. The van der Waals surface area contributed by atoms with Crippen molar-refractivity contribution in [1.82, 2.24) is 9.35 Å². The van der Waals surface area contributed by atoms with Gasteiger partial charge in [0.1, 0.15) is 0 Å². The van der Waals surface area contributed by atoms with E-state index >= 15 is 0 Å². The van der Waals surface area contributed by atoms with Gasteiger partial charge in [0.2, 0.25) is 8.40 Å². The molecule has 0 amide bonds. The Hall–Kier alpha value is 0.0569. The average molecular weight is 261 g/mol. The fourth-order valence-corrected chi connectivity index (χ4v) is 6.89. The number of nitrogens with two attached hydrogens (primary N) is 2. The van der Waals surface area contributed by atoms with Crippen LogP contribution >= 0.6 is 0 Å². The topological polar surface area (TPSA) is 58.5 Å². The lowest BCUT2D eigenvalue weighted by Gasteiger charge is -2.53. The minimum absolute atomic E-state index is 0.0545. The number of hydrazine groups is 2. The molecule has 0 bridgehead atoms. The van der Waals surface area contributed by atoms with E-state index < -0.39 is 8.40 Å². The van der Waals surface area contributed by atoms with Crippen LogP contribution in [0.25, 0.3) is 0 Å². The summed E-state index contributed by atoms with van der Waals surface area (Å²) >= 11 is 0. The molecule has 4 N–H and O–H groups in total. The van der Waals surface area contributed by atoms with Crippen LogP contribution in [0.3, 0.4) is 0 Å². The first-order valence-corrected chi connectivity index (χ1v) is 8.84. The van der Waals surface area contributed by atoms with Gasteiger partial charge >= 0.3 is 0 Å². The Balaban J connectivity index is 5.45. The highest BCUT2D eigenvalue weighted by Crippen LogP contribution is 2.30. The lowest BCUT2D eigenvalue weighted by atomic mass is 10.1. The first-order valence-electron chi connectivity index (χ1n) is 6.53. The maximum Gasteiger partial charge on any atom is 0.234 e. The molecule has 0 aromatic rings. The molecule has 4 nitrogen and oxygen atoms in total. The Morgan fingerprint density at radius 2 is 1.00 bits per heavy atom. The fourth-order valence-electron chi connectivity index (χ4n) is 2.30. The van der Waals surface area contributed by atoms with Gasteiger partial charge in [-0.3, -0.25) is 11.7 Å². The van der Waals surface area contributed by atoms with Crippen LogP contribution < -0.4 is 11.7 Å². The number of nitrogens with zero attached hydrogens (tertiary/aromatic N) is 2. The van der Waals surface area contributed by atoms with E-state index in [-0.39, 0.29) is 11.1 Å². The minimum atomic E-state index is -2.00. The van der Waals surface area contributed by atoms with E-state index in [0.717, 1.165) is 12.1 Å². The van der Waals surface area contributed by atoms with Crippen LogP contribution in [-0.4, -0.2) is 28.8 Å².